The predicted octanol–water partition coefficient (Wildman–Crippen LogP) is 4.41. The number of nitrogens with one attached hydrogen (secondary N) is 2. The quantitative estimate of drug-likeness (QED) is 0.859. The predicted molar refractivity (Wildman–Crippen MR) is 93.8 cm³/mol. The first-order valence-corrected chi connectivity index (χ1v) is 7.81. The molecule has 0 radical (unpaired) electrons. The smallest absolute Gasteiger partial charge is 0.255 e. The molecule has 0 bridgehead atoms. The average molecular weight is 310 g/mol. The minimum absolute atomic E-state index is 0.0770. The Morgan fingerprint density at radius 1 is 0.957 bits per heavy atom. The molecule has 0 atom stereocenters. The molecule has 4 heteroatoms. The Labute approximate surface area is 136 Å². The largest absolute Gasteiger partial charge is 0.326 e. The van der Waals surface area contributed by atoms with Gasteiger partial charge in [-0.2, -0.15) is 0 Å². The fourth-order valence-corrected chi connectivity index (χ4v) is 2.14. The molecule has 120 valence electrons. The maximum Gasteiger partial charge on any atom is 0.255 e. The fourth-order valence-electron chi connectivity index (χ4n) is 2.14. The van der Waals surface area contributed by atoms with Crippen LogP contribution in [0, 0.1) is 0 Å². The maximum atomic E-state index is 12.3. The first-order valence-electron chi connectivity index (χ1n) is 7.81. The second-order valence-corrected chi connectivity index (χ2v) is 5.71. The van der Waals surface area contributed by atoms with Gasteiger partial charge in [-0.3, -0.25) is 9.59 Å². The summed E-state index contributed by atoms with van der Waals surface area (Å²) < 4.78 is 0. The zero-order valence-corrected chi connectivity index (χ0v) is 13.7. The van der Waals surface area contributed by atoms with Crippen LogP contribution in [0.4, 0.5) is 11.4 Å². The third-order valence-electron chi connectivity index (χ3n) is 3.56. The molecule has 23 heavy (non-hydrogen) atoms. The molecule has 4 nitrogen and oxygen atoms in total. The van der Waals surface area contributed by atoms with E-state index in [4.69, 9.17) is 0 Å². The number of carbonyl (C=O) groups excluding carboxylic acids is 2. The number of rotatable bonds is 5. The van der Waals surface area contributed by atoms with Crippen molar-refractivity contribution in [3.8, 4) is 0 Å². The van der Waals surface area contributed by atoms with Crippen LogP contribution in [0.15, 0.2) is 48.5 Å². The van der Waals surface area contributed by atoms with E-state index in [9.17, 15) is 9.59 Å². The Balaban J connectivity index is 2.08. The van der Waals surface area contributed by atoms with Crippen LogP contribution in [-0.2, 0) is 4.79 Å². The number of anilines is 2. The molecule has 0 spiro atoms. The molecule has 2 N–H and O–H groups in total. The van der Waals surface area contributed by atoms with Crippen LogP contribution < -0.4 is 10.6 Å². The van der Waals surface area contributed by atoms with Crippen LogP contribution in [0.3, 0.4) is 0 Å². The van der Waals surface area contributed by atoms with E-state index in [0.717, 1.165) is 5.69 Å². The highest BCUT2D eigenvalue weighted by Gasteiger charge is 2.08. The van der Waals surface area contributed by atoms with Crippen LogP contribution >= 0.6 is 0 Å². The minimum Gasteiger partial charge on any atom is -0.326 e. The molecule has 0 aliphatic carbocycles. The van der Waals surface area contributed by atoms with Gasteiger partial charge in [-0.05, 0) is 41.8 Å². The van der Waals surface area contributed by atoms with Crippen molar-refractivity contribution in [2.75, 3.05) is 10.6 Å². The molecule has 0 aliphatic heterocycles. The molecular formula is C19H22N2O2. The Morgan fingerprint density at radius 3 is 2.26 bits per heavy atom. The molecule has 0 saturated carbocycles. The summed E-state index contributed by atoms with van der Waals surface area (Å²) in [4.78, 5) is 23.7. The van der Waals surface area contributed by atoms with Crippen molar-refractivity contribution in [2.45, 2.75) is 33.1 Å². The minimum atomic E-state index is -0.199. The summed E-state index contributed by atoms with van der Waals surface area (Å²) in [5, 5.41) is 5.62. The second kappa shape index (κ2) is 7.58. The van der Waals surface area contributed by atoms with Gasteiger partial charge >= 0.3 is 0 Å². The first kappa shape index (κ1) is 16.7. The molecule has 0 unspecified atom stereocenters. The molecule has 2 amide bonds. The Bertz CT molecular complexity index is 691. The van der Waals surface area contributed by atoms with Crippen LogP contribution in [0.1, 0.15) is 49.0 Å². The summed E-state index contributed by atoms with van der Waals surface area (Å²) in [6.07, 6.45) is 0.401. The van der Waals surface area contributed by atoms with Crippen molar-refractivity contribution in [3.63, 3.8) is 0 Å². The molecule has 2 aromatic carbocycles. The number of benzene rings is 2. The molecule has 0 fully saturated rings. The van der Waals surface area contributed by atoms with Gasteiger partial charge in [0.1, 0.15) is 0 Å². The third kappa shape index (κ3) is 4.68. The first-order chi connectivity index (χ1) is 11.0. The summed E-state index contributed by atoms with van der Waals surface area (Å²) in [5.74, 6) is 0.181. The molecule has 2 rings (SSSR count). The lowest BCUT2D eigenvalue weighted by Gasteiger charge is -2.09. The topological polar surface area (TPSA) is 58.2 Å². The summed E-state index contributed by atoms with van der Waals surface area (Å²) in [6.45, 7) is 6.04. The van der Waals surface area contributed by atoms with E-state index in [1.54, 1.807) is 31.2 Å². The standard InChI is InChI=1S/C19H22N2O2/c1-4-18(22)20-17-7-5-6-15(12-17)19(23)21-16-10-8-14(9-11-16)13(2)3/h5-13H,4H2,1-3H3,(H,20,22)(H,21,23). The van der Waals surface area contributed by atoms with Crippen LogP contribution in [-0.4, -0.2) is 11.8 Å². The summed E-state index contributed by atoms with van der Waals surface area (Å²) in [6, 6.07) is 14.7. The van der Waals surface area contributed by atoms with E-state index in [1.165, 1.54) is 5.56 Å². The van der Waals surface area contributed by atoms with Gasteiger partial charge in [-0.25, -0.2) is 0 Å². The summed E-state index contributed by atoms with van der Waals surface area (Å²) >= 11 is 0. The van der Waals surface area contributed by atoms with Crippen molar-refractivity contribution >= 4 is 23.2 Å². The van der Waals surface area contributed by atoms with Gasteiger partial charge in [0.2, 0.25) is 5.91 Å². The Kier molecular flexibility index (Phi) is 5.52. The van der Waals surface area contributed by atoms with E-state index < -0.39 is 0 Å². The summed E-state index contributed by atoms with van der Waals surface area (Å²) in [7, 11) is 0. The maximum absolute atomic E-state index is 12.3. The lowest BCUT2D eigenvalue weighted by Crippen LogP contribution is -2.13. The average Bonchev–Trinajstić information content (AvgIpc) is 2.55. The fraction of sp³-hybridized carbons (Fsp3) is 0.263. The van der Waals surface area contributed by atoms with E-state index in [0.29, 0.717) is 23.6 Å². The summed E-state index contributed by atoms with van der Waals surface area (Å²) in [5.41, 5.74) is 3.11. The lowest BCUT2D eigenvalue weighted by atomic mass is 10.0. The second-order valence-electron chi connectivity index (χ2n) is 5.71. The van der Waals surface area contributed by atoms with Crippen LogP contribution in [0.25, 0.3) is 0 Å². The third-order valence-corrected chi connectivity index (χ3v) is 3.56. The zero-order valence-electron chi connectivity index (χ0n) is 13.7. The molecule has 0 aliphatic rings. The van der Waals surface area contributed by atoms with Crippen LogP contribution in [0.5, 0.6) is 0 Å². The van der Waals surface area contributed by atoms with E-state index in [-0.39, 0.29) is 11.8 Å². The molecule has 0 saturated heterocycles. The zero-order chi connectivity index (χ0) is 16.8. The van der Waals surface area contributed by atoms with Gasteiger partial charge in [-0.15, -0.1) is 0 Å². The van der Waals surface area contributed by atoms with Gasteiger partial charge in [0.25, 0.3) is 5.91 Å². The van der Waals surface area contributed by atoms with Crippen molar-refractivity contribution in [2.24, 2.45) is 0 Å². The Morgan fingerprint density at radius 2 is 1.65 bits per heavy atom. The Hall–Kier alpha value is -2.62. The van der Waals surface area contributed by atoms with Gasteiger partial charge in [-0.1, -0.05) is 39.0 Å². The van der Waals surface area contributed by atoms with Gasteiger partial charge in [0.15, 0.2) is 0 Å². The number of hydrogen-bond donors (Lipinski definition) is 2. The number of carbonyl (C=O) groups is 2. The number of amides is 2. The van der Waals surface area contributed by atoms with Gasteiger partial charge < -0.3 is 10.6 Å². The molecule has 0 heterocycles. The monoisotopic (exact) mass is 310 g/mol. The number of hydrogen-bond acceptors (Lipinski definition) is 2. The van der Waals surface area contributed by atoms with Gasteiger partial charge in [0.05, 0.1) is 0 Å². The highest BCUT2D eigenvalue weighted by atomic mass is 16.2. The molecule has 2 aromatic rings. The highest BCUT2D eigenvalue weighted by molar-refractivity contribution is 6.05. The van der Waals surface area contributed by atoms with Crippen molar-refractivity contribution in [3.05, 3.63) is 59.7 Å². The van der Waals surface area contributed by atoms with Crippen molar-refractivity contribution < 1.29 is 9.59 Å². The van der Waals surface area contributed by atoms with E-state index >= 15 is 0 Å². The van der Waals surface area contributed by atoms with Gasteiger partial charge in [0, 0.05) is 23.4 Å². The van der Waals surface area contributed by atoms with Crippen molar-refractivity contribution in [1.29, 1.82) is 0 Å². The van der Waals surface area contributed by atoms with Crippen LogP contribution in [0.2, 0.25) is 0 Å². The molecule has 0 aromatic heterocycles. The highest BCUT2D eigenvalue weighted by Crippen LogP contribution is 2.18. The lowest BCUT2D eigenvalue weighted by molar-refractivity contribution is -0.115. The van der Waals surface area contributed by atoms with E-state index in [2.05, 4.69) is 24.5 Å². The van der Waals surface area contributed by atoms with Crippen molar-refractivity contribution in [1.82, 2.24) is 0 Å². The normalized spacial score (nSPS) is 10.4. The molecular weight excluding hydrogens is 288 g/mol. The van der Waals surface area contributed by atoms with E-state index in [1.807, 2.05) is 24.3 Å². The SMILES string of the molecule is CCC(=O)Nc1cccc(C(=O)Nc2ccc(C(C)C)cc2)c1.